The van der Waals surface area contributed by atoms with Gasteiger partial charge < -0.3 is 10.6 Å². The molecule has 1 aliphatic rings. The smallest absolute Gasteiger partial charge is 0.371 e. The van der Waals surface area contributed by atoms with Crippen molar-refractivity contribution in [1.82, 2.24) is 0 Å². The van der Waals surface area contributed by atoms with Crippen molar-refractivity contribution >= 4 is 5.69 Å². The van der Waals surface area contributed by atoms with Crippen LogP contribution in [0.15, 0.2) is 18.2 Å². The lowest BCUT2D eigenvalue weighted by Gasteiger charge is -2.36. The van der Waals surface area contributed by atoms with Gasteiger partial charge >= 0.3 is 6.18 Å². The van der Waals surface area contributed by atoms with E-state index < -0.39 is 24.0 Å². The summed E-state index contributed by atoms with van der Waals surface area (Å²) in [6.45, 7) is 2.00. The highest BCUT2D eigenvalue weighted by Crippen LogP contribution is 2.37. The summed E-state index contributed by atoms with van der Waals surface area (Å²) in [6, 6.07) is 3.87. The van der Waals surface area contributed by atoms with Crippen LogP contribution in [0.4, 0.5) is 23.2 Å². The maximum absolute atomic E-state index is 13.9. The van der Waals surface area contributed by atoms with E-state index in [0.29, 0.717) is 18.7 Å². The van der Waals surface area contributed by atoms with E-state index in [9.17, 15) is 17.6 Å². The van der Waals surface area contributed by atoms with Gasteiger partial charge in [0.05, 0.1) is 5.92 Å². The largest absolute Gasteiger partial charge is 0.393 e. The first-order valence-electron chi connectivity index (χ1n) is 6.66. The quantitative estimate of drug-likeness (QED) is 0.843. The molecule has 0 spiro atoms. The Balaban J connectivity index is 2.30. The molecule has 1 aromatic carbocycles. The van der Waals surface area contributed by atoms with Crippen molar-refractivity contribution in [3.8, 4) is 0 Å². The first kappa shape index (κ1) is 15.1. The van der Waals surface area contributed by atoms with Crippen molar-refractivity contribution < 1.29 is 17.6 Å². The molecule has 2 atom stereocenters. The summed E-state index contributed by atoms with van der Waals surface area (Å²) < 4.78 is 52.4. The molecule has 1 heterocycles. The molecule has 2 N–H and O–H groups in total. The molecular formula is C14H18F4N2. The topological polar surface area (TPSA) is 29.3 Å². The SMILES string of the molecule is C[C@@H](N)c1c(F)cccc1N1CCCC(C(F)(F)F)C1. The number of nitrogens with zero attached hydrogens (tertiary/aromatic N) is 1. The molecule has 0 saturated carbocycles. The van der Waals surface area contributed by atoms with E-state index in [1.165, 1.54) is 12.1 Å². The van der Waals surface area contributed by atoms with E-state index >= 15 is 0 Å². The number of benzene rings is 1. The zero-order chi connectivity index (χ0) is 14.9. The van der Waals surface area contributed by atoms with Gasteiger partial charge in [-0.05, 0) is 31.9 Å². The van der Waals surface area contributed by atoms with E-state index in [-0.39, 0.29) is 18.5 Å². The molecular weight excluding hydrogens is 272 g/mol. The summed E-state index contributed by atoms with van der Waals surface area (Å²) in [7, 11) is 0. The number of halogens is 4. The molecule has 6 heteroatoms. The van der Waals surface area contributed by atoms with Crippen LogP contribution in [0.5, 0.6) is 0 Å². The van der Waals surface area contributed by atoms with Gasteiger partial charge in [-0.1, -0.05) is 6.07 Å². The second-order valence-corrected chi connectivity index (χ2v) is 5.29. The van der Waals surface area contributed by atoms with Crippen LogP contribution >= 0.6 is 0 Å². The standard InChI is InChI=1S/C14H18F4N2/c1-9(19)13-11(15)5-2-6-12(13)20-7-3-4-10(8-20)14(16,17)18/h2,5-6,9-10H,3-4,7-8,19H2,1H3/t9-,10?/m1/s1. The minimum absolute atomic E-state index is 0.128. The molecule has 2 rings (SSSR count). The average Bonchev–Trinajstić information content (AvgIpc) is 2.37. The molecule has 1 saturated heterocycles. The zero-order valence-electron chi connectivity index (χ0n) is 11.3. The van der Waals surface area contributed by atoms with Crippen LogP contribution in [0.25, 0.3) is 0 Å². The van der Waals surface area contributed by atoms with Gasteiger partial charge in [0.1, 0.15) is 5.82 Å². The summed E-state index contributed by atoms with van der Waals surface area (Å²) >= 11 is 0. The van der Waals surface area contributed by atoms with E-state index in [0.717, 1.165) is 0 Å². The van der Waals surface area contributed by atoms with E-state index in [1.807, 2.05) is 0 Å². The number of hydrogen-bond acceptors (Lipinski definition) is 2. The van der Waals surface area contributed by atoms with Gasteiger partial charge in [0.15, 0.2) is 0 Å². The third-order valence-electron chi connectivity index (χ3n) is 3.71. The zero-order valence-corrected chi connectivity index (χ0v) is 11.3. The molecule has 2 nitrogen and oxygen atoms in total. The monoisotopic (exact) mass is 290 g/mol. The highest BCUT2D eigenvalue weighted by atomic mass is 19.4. The van der Waals surface area contributed by atoms with Gasteiger partial charge in [-0.3, -0.25) is 0 Å². The fraction of sp³-hybridized carbons (Fsp3) is 0.571. The fourth-order valence-corrected chi connectivity index (χ4v) is 2.72. The number of nitrogens with two attached hydrogens (primary N) is 1. The number of piperidine rings is 1. The third-order valence-corrected chi connectivity index (χ3v) is 3.71. The van der Waals surface area contributed by atoms with Gasteiger partial charge in [-0.15, -0.1) is 0 Å². The van der Waals surface area contributed by atoms with Gasteiger partial charge in [0.25, 0.3) is 0 Å². The molecule has 0 amide bonds. The summed E-state index contributed by atoms with van der Waals surface area (Å²) in [6.07, 6.45) is -3.64. The van der Waals surface area contributed by atoms with Gasteiger partial charge in [0, 0.05) is 30.4 Å². The Bertz CT molecular complexity index is 471. The number of rotatable bonds is 2. The highest BCUT2D eigenvalue weighted by molar-refractivity contribution is 5.55. The maximum atomic E-state index is 13.9. The summed E-state index contributed by atoms with van der Waals surface area (Å²) in [5.41, 5.74) is 6.52. The molecule has 1 unspecified atom stereocenters. The minimum atomic E-state index is -4.21. The molecule has 0 radical (unpaired) electrons. The van der Waals surface area contributed by atoms with Crippen LogP contribution in [0.3, 0.4) is 0 Å². The van der Waals surface area contributed by atoms with E-state index in [2.05, 4.69) is 0 Å². The van der Waals surface area contributed by atoms with Crippen LogP contribution < -0.4 is 10.6 Å². The molecule has 0 aromatic heterocycles. The Labute approximate surface area is 115 Å². The number of alkyl halides is 3. The van der Waals surface area contributed by atoms with Crippen LogP contribution in [-0.4, -0.2) is 19.3 Å². The van der Waals surface area contributed by atoms with Crippen LogP contribution in [0, 0.1) is 11.7 Å². The van der Waals surface area contributed by atoms with Crippen molar-refractivity contribution in [2.75, 3.05) is 18.0 Å². The predicted molar refractivity (Wildman–Crippen MR) is 70.0 cm³/mol. The Morgan fingerprint density at radius 2 is 2.05 bits per heavy atom. The average molecular weight is 290 g/mol. The summed E-state index contributed by atoms with van der Waals surface area (Å²) in [4.78, 5) is 1.60. The van der Waals surface area contributed by atoms with Gasteiger partial charge in [-0.2, -0.15) is 13.2 Å². The van der Waals surface area contributed by atoms with E-state index in [1.54, 1.807) is 17.9 Å². The number of hydrogen-bond donors (Lipinski definition) is 1. The van der Waals surface area contributed by atoms with Crippen LogP contribution in [-0.2, 0) is 0 Å². The molecule has 1 aliphatic heterocycles. The second-order valence-electron chi connectivity index (χ2n) is 5.29. The van der Waals surface area contributed by atoms with Crippen molar-refractivity contribution in [2.24, 2.45) is 11.7 Å². The van der Waals surface area contributed by atoms with Gasteiger partial charge in [0.2, 0.25) is 0 Å². The lowest BCUT2D eigenvalue weighted by atomic mass is 9.95. The lowest BCUT2D eigenvalue weighted by molar-refractivity contribution is -0.176. The molecule has 0 aliphatic carbocycles. The van der Waals surface area contributed by atoms with Crippen LogP contribution in [0.1, 0.15) is 31.4 Å². The number of anilines is 1. The summed E-state index contributed by atoms with van der Waals surface area (Å²) in [5, 5.41) is 0. The normalized spacial score (nSPS) is 21.9. The Hall–Kier alpha value is -1.30. The fourth-order valence-electron chi connectivity index (χ4n) is 2.72. The van der Waals surface area contributed by atoms with Gasteiger partial charge in [-0.25, -0.2) is 4.39 Å². The molecule has 20 heavy (non-hydrogen) atoms. The molecule has 0 bridgehead atoms. The Morgan fingerprint density at radius 3 is 2.65 bits per heavy atom. The summed E-state index contributed by atoms with van der Waals surface area (Å²) in [5.74, 6) is -1.83. The highest BCUT2D eigenvalue weighted by Gasteiger charge is 2.42. The Kier molecular flexibility index (Phi) is 4.22. The van der Waals surface area contributed by atoms with E-state index in [4.69, 9.17) is 5.73 Å². The predicted octanol–water partition coefficient (Wildman–Crippen LogP) is 3.62. The van der Waals surface area contributed by atoms with Crippen molar-refractivity contribution in [3.63, 3.8) is 0 Å². The van der Waals surface area contributed by atoms with Crippen molar-refractivity contribution in [1.29, 1.82) is 0 Å². The van der Waals surface area contributed by atoms with Crippen LogP contribution in [0.2, 0.25) is 0 Å². The third kappa shape index (κ3) is 3.06. The van der Waals surface area contributed by atoms with Crippen molar-refractivity contribution in [2.45, 2.75) is 32.0 Å². The minimum Gasteiger partial charge on any atom is -0.371 e. The van der Waals surface area contributed by atoms with Crippen molar-refractivity contribution in [3.05, 3.63) is 29.6 Å². The molecule has 112 valence electrons. The first-order chi connectivity index (χ1) is 9.30. The molecule has 1 aromatic rings. The first-order valence-corrected chi connectivity index (χ1v) is 6.66. The lowest BCUT2D eigenvalue weighted by Crippen LogP contribution is -2.42. The molecule has 1 fully saturated rings. The maximum Gasteiger partial charge on any atom is 0.393 e. The second kappa shape index (κ2) is 5.60. The Morgan fingerprint density at radius 1 is 1.35 bits per heavy atom.